The molecule has 0 aliphatic carbocycles. The summed E-state index contributed by atoms with van der Waals surface area (Å²) in [6.07, 6.45) is 1.69. The number of alkyl halides is 3. The van der Waals surface area contributed by atoms with Gasteiger partial charge in [-0.15, -0.1) is 0 Å². The van der Waals surface area contributed by atoms with Gasteiger partial charge in [-0.05, 0) is 23.9 Å². The van der Waals surface area contributed by atoms with Gasteiger partial charge in [-0.25, -0.2) is 0 Å². The summed E-state index contributed by atoms with van der Waals surface area (Å²) < 4.78 is 38.0. The smallest absolute Gasteiger partial charge is 0.409 e. The van der Waals surface area contributed by atoms with E-state index in [2.05, 4.69) is 5.16 Å². The molecule has 0 radical (unpaired) electrons. The van der Waals surface area contributed by atoms with Crippen LogP contribution in [0.3, 0.4) is 0 Å². The zero-order chi connectivity index (χ0) is 14.8. The highest BCUT2D eigenvalue weighted by Gasteiger charge is 2.27. The first-order valence-electron chi connectivity index (χ1n) is 5.69. The van der Waals surface area contributed by atoms with Crippen LogP contribution in [-0.4, -0.2) is 26.9 Å². The van der Waals surface area contributed by atoms with Gasteiger partial charge in [0.25, 0.3) is 0 Å². The van der Waals surface area contributed by atoms with Crippen LogP contribution < -0.4 is 5.73 Å². The van der Waals surface area contributed by atoms with Crippen molar-refractivity contribution in [2.75, 3.05) is 5.75 Å². The van der Waals surface area contributed by atoms with Crippen LogP contribution in [0.2, 0.25) is 0 Å². The van der Waals surface area contributed by atoms with E-state index in [9.17, 15) is 13.2 Å². The van der Waals surface area contributed by atoms with Crippen molar-refractivity contribution in [1.29, 1.82) is 0 Å². The van der Waals surface area contributed by atoms with Crippen molar-refractivity contribution in [3.8, 4) is 0 Å². The summed E-state index contributed by atoms with van der Waals surface area (Å²) in [5.41, 5.74) is 2.64. The van der Waals surface area contributed by atoms with E-state index in [1.165, 1.54) is 0 Å². The van der Waals surface area contributed by atoms with Gasteiger partial charge in [-0.3, -0.25) is 0 Å². The Hall–Kier alpha value is -1.83. The minimum Gasteiger partial charge on any atom is -0.409 e. The van der Waals surface area contributed by atoms with E-state index in [1.807, 2.05) is 0 Å². The fourth-order valence-electron chi connectivity index (χ4n) is 1.96. The predicted octanol–water partition coefficient (Wildman–Crippen LogP) is 2.99. The van der Waals surface area contributed by atoms with E-state index in [0.717, 1.165) is 10.9 Å². The topological polar surface area (TPSA) is 63.5 Å². The molecular formula is C12H12F3N3OS. The number of oxime groups is 1. The number of nitrogens with zero attached hydrogens (tertiary/aromatic N) is 2. The van der Waals surface area contributed by atoms with E-state index in [4.69, 9.17) is 10.9 Å². The molecule has 0 spiro atoms. The second kappa shape index (κ2) is 5.66. The second-order valence-corrected chi connectivity index (χ2v) is 5.19. The number of aryl methyl sites for hydroxylation is 1. The number of thioether (sulfide) groups is 1. The van der Waals surface area contributed by atoms with Crippen molar-refractivity contribution in [2.24, 2.45) is 10.9 Å². The maximum absolute atomic E-state index is 12.1. The molecule has 0 unspecified atom stereocenters. The number of amidine groups is 1. The largest absolute Gasteiger partial charge is 0.441 e. The standard InChI is InChI=1S/C12H12F3N3OS/c13-12(14,15)20-7-6-18-5-4-8-9(11(16)17-19)2-1-3-10(8)18/h1-5,19H,6-7H2,(H2,16,17). The minimum absolute atomic E-state index is 0.0296. The van der Waals surface area contributed by atoms with Crippen LogP contribution in [0.15, 0.2) is 35.6 Å². The highest BCUT2D eigenvalue weighted by atomic mass is 32.2. The van der Waals surface area contributed by atoms with E-state index in [-0.39, 0.29) is 29.9 Å². The van der Waals surface area contributed by atoms with E-state index in [0.29, 0.717) is 5.56 Å². The summed E-state index contributed by atoms with van der Waals surface area (Å²) in [6, 6.07) is 6.91. The zero-order valence-electron chi connectivity index (χ0n) is 10.3. The Bertz CT molecular complexity index is 636. The molecule has 8 heteroatoms. The average molecular weight is 303 g/mol. The van der Waals surface area contributed by atoms with Gasteiger partial charge in [0, 0.05) is 35.0 Å². The molecule has 1 aromatic heterocycles. The molecule has 0 saturated carbocycles. The van der Waals surface area contributed by atoms with E-state index in [1.54, 1.807) is 35.0 Å². The van der Waals surface area contributed by atoms with Crippen molar-refractivity contribution < 1.29 is 18.4 Å². The highest BCUT2D eigenvalue weighted by molar-refractivity contribution is 8.00. The molecule has 0 saturated heterocycles. The molecule has 0 fully saturated rings. The van der Waals surface area contributed by atoms with Crippen molar-refractivity contribution in [1.82, 2.24) is 4.57 Å². The number of hydrogen-bond donors (Lipinski definition) is 2. The maximum atomic E-state index is 12.1. The summed E-state index contributed by atoms with van der Waals surface area (Å²) in [6.45, 7) is 0.229. The van der Waals surface area contributed by atoms with Gasteiger partial charge in [0.15, 0.2) is 5.84 Å². The Morgan fingerprint density at radius 3 is 2.75 bits per heavy atom. The third kappa shape index (κ3) is 3.19. The third-order valence-electron chi connectivity index (χ3n) is 2.80. The maximum Gasteiger partial charge on any atom is 0.441 e. The average Bonchev–Trinajstić information content (AvgIpc) is 2.80. The lowest BCUT2D eigenvalue weighted by molar-refractivity contribution is -0.0328. The molecule has 0 bridgehead atoms. The zero-order valence-corrected chi connectivity index (χ0v) is 11.1. The molecule has 0 aliphatic rings. The molecule has 2 rings (SSSR count). The van der Waals surface area contributed by atoms with Crippen LogP contribution in [0.25, 0.3) is 10.9 Å². The third-order valence-corrected chi connectivity index (χ3v) is 3.51. The lowest BCUT2D eigenvalue weighted by Crippen LogP contribution is -2.13. The number of hydrogen-bond acceptors (Lipinski definition) is 3. The fraction of sp³-hybridized carbons (Fsp3) is 0.250. The molecular weight excluding hydrogens is 291 g/mol. The minimum atomic E-state index is -4.22. The summed E-state index contributed by atoms with van der Waals surface area (Å²) in [5, 5.41) is 12.4. The molecule has 1 heterocycles. The number of nitrogens with two attached hydrogens (primary N) is 1. The first-order chi connectivity index (χ1) is 9.42. The Morgan fingerprint density at radius 1 is 1.35 bits per heavy atom. The monoisotopic (exact) mass is 303 g/mol. The highest BCUT2D eigenvalue weighted by Crippen LogP contribution is 2.30. The molecule has 3 N–H and O–H groups in total. The summed E-state index contributed by atoms with van der Waals surface area (Å²) >= 11 is -0.0539. The Morgan fingerprint density at radius 2 is 2.10 bits per heavy atom. The van der Waals surface area contributed by atoms with Crippen LogP contribution in [0.4, 0.5) is 13.2 Å². The van der Waals surface area contributed by atoms with Crippen LogP contribution >= 0.6 is 11.8 Å². The van der Waals surface area contributed by atoms with Crippen molar-refractivity contribution >= 4 is 28.5 Å². The Balaban J connectivity index is 2.25. The molecule has 2 aromatic rings. The molecule has 0 atom stereocenters. The SMILES string of the molecule is N/C(=N/O)c1cccc2c1ccn2CCSC(F)(F)F. The Labute approximate surface area is 117 Å². The second-order valence-electron chi connectivity index (χ2n) is 4.03. The van der Waals surface area contributed by atoms with Crippen molar-refractivity contribution in [3.63, 3.8) is 0 Å². The first kappa shape index (κ1) is 14.6. The van der Waals surface area contributed by atoms with Gasteiger partial charge >= 0.3 is 5.51 Å². The van der Waals surface area contributed by atoms with E-state index < -0.39 is 5.51 Å². The van der Waals surface area contributed by atoms with Crippen LogP contribution in [-0.2, 0) is 6.54 Å². The van der Waals surface area contributed by atoms with Gasteiger partial charge in [-0.1, -0.05) is 17.3 Å². The molecule has 108 valence electrons. The van der Waals surface area contributed by atoms with Crippen molar-refractivity contribution in [2.45, 2.75) is 12.1 Å². The summed E-state index contributed by atoms with van der Waals surface area (Å²) in [7, 11) is 0. The number of benzene rings is 1. The summed E-state index contributed by atoms with van der Waals surface area (Å²) in [5.74, 6) is -0.0980. The normalized spacial score (nSPS) is 13.1. The van der Waals surface area contributed by atoms with E-state index >= 15 is 0 Å². The van der Waals surface area contributed by atoms with Gasteiger partial charge < -0.3 is 15.5 Å². The molecule has 1 aromatic carbocycles. The van der Waals surface area contributed by atoms with Crippen LogP contribution in [0, 0.1) is 0 Å². The predicted molar refractivity (Wildman–Crippen MR) is 73.0 cm³/mol. The number of aromatic nitrogens is 1. The lowest BCUT2D eigenvalue weighted by atomic mass is 10.1. The van der Waals surface area contributed by atoms with Gasteiger partial charge in [0.05, 0.1) is 0 Å². The Kier molecular flexibility index (Phi) is 4.12. The van der Waals surface area contributed by atoms with Gasteiger partial charge in [0.2, 0.25) is 0 Å². The van der Waals surface area contributed by atoms with Gasteiger partial charge in [-0.2, -0.15) is 13.2 Å². The first-order valence-corrected chi connectivity index (χ1v) is 6.67. The number of fused-ring (bicyclic) bond motifs is 1. The fourth-order valence-corrected chi connectivity index (χ4v) is 2.47. The van der Waals surface area contributed by atoms with Crippen LogP contribution in [0.1, 0.15) is 5.56 Å². The summed E-state index contributed by atoms with van der Waals surface area (Å²) in [4.78, 5) is 0. The number of halogens is 3. The molecule has 0 amide bonds. The number of rotatable bonds is 4. The van der Waals surface area contributed by atoms with Gasteiger partial charge in [0.1, 0.15) is 0 Å². The lowest BCUT2D eigenvalue weighted by Gasteiger charge is -2.08. The molecule has 0 aliphatic heterocycles. The molecule has 20 heavy (non-hydrogen) atoms. The van der Waals surface area contributed by atoms with Crippen LogP contribution in [0.5, 0.6) is 0 Å². The molecule has 4 nitrogen and oxygen atoms in total. The quantitative estimate of drug-likeness (QED) is 0.395. The van der Waals surface area contributed by atoms with Crippen molar-refractivity contribution in [3.05, 3.63) is 36.0 Å².